The topological polar surface area (TPSA) is 102 Å². The number of para-hydroxylation sites is 1. The molecule has 0 aliphatic carbocycles. The van der Waals surface area contributed by atoms with Crippen molar-refractivity contribution in [3.63, 3.8) is 0 Å². The van der Waals surface area contributed by atoms with Crippen LogP contribution in [0.1, 0.15) is 17.7 Å². The summed E-state index contributed by atoms with van der Waals surface area (Å²) in [6.07, 6.45) is 1.38. The number of hydrogen-bond acceptors (Lipinski definition) is 6. The SMILES string of the molecule is COc1ccc(N(C(=O)CCc2c(C)[nH]c3ccccc23)S(C)(=O)=O)c(OC)n1. The number of H-pyrrole nitrogens is 1. The second kappa shape index (κ2) is 8.12. The zero-order valence-electron chi connectivity index (χ0n) is 16.7. The predicted octanol–water partition coefficient (Wildman–Crippen LogP) is 2.81. The number of aryl methyl sites for hydroxylation is 2. The van der Waals surface area contributed by atoms with Crippen LogP contribution in [-0.4, -0.2) is 44.8 Å². The summed E-state index contributed by atoms with van der Waals surface area (Å²) in [4.78, 5) is 20.3. The van der Waals surface area contributed by atoms with E-state index in [0.717, 1.165) is 32.7 Å². The first-order chi connectivity index (χ1) is 13.8. The van der Waals surface area contributed by atoms with Crippen molar-refractivity contribution in [1.29, 1.82) is 0 Å². The van der Waals surface area contributed by atoms with Gasteiger partial charge in [0, 0.05) is 29.1 Å². The van der Waals surface area contributed by atoms with E-state index in [4.69, 9.17) is 9.47 Å². The molecule has 154 valence electrons. The van der Waals surface area contributed by atoms with Gasteiger partial charge in [-0.25, -0.2) is 12.7 Å². The third kappa shape index (κ3) is 4.19. The molecule has 8 nitrogen and oxygen atoms in total. The van der Waals surface area contributed by atoms with Crippen LogP contribution in [0.3, 0.4) is 0 Å². The normalized spacial score (nSPS) is 11.4. The van der Waals surface area contributed by atoms with Gasteiger partial charge in [-0.15, -0.1) is 0 Å². The van der Waals surface area contributed by atoms with E-state index in [2.05, 4.69) is 9.97 Å². The lowest BCUT2D eigenvalue weighted by molar-refractivity contribution is -0.117. The van der Waals surface area contributed by atoms with Crippen LogP contribution in [0.5, 0.6) is 11.8 Å². The first kappa shape index (κ1) is 20.7. The van der Waals surface area contributed by atoms with E-state index < -0.39 is 15.9 Å². The molecule has 3 aromatic rings. The van der Waals surface area contributed by atoms with Crippen LogP contribution in [0.15, 0.2) is 36.4 Å². The van der Waals surface area contributed by atoms with E-state index in [-0.39, 0.29) is 23.9 Å². The van der Waals surface area contributed by atoms with Gasteiger partial charge < -0.3 is 14.5 Å². The third-order valence-electron chi connectivity index (χ3n) is 4.61. The summed E-state index contributed by atoms with van der Waals surface area (Å²) in [6.45, 7) is 1.94. The number of nitrogens with zero attached hydrogens (tertiary/aromatic N) is 2. The van der Waals surface area contributed by atoms with Gasteiger partial charge in [-0.1, -0.05) is 18.2 Å². The second-order valence-corrected chi connectivity index (χ2v) is 8.41. The van der Waals surface area contributed by atoms with Crippen molar-refractivity contribution in [3.05, 3.63) is 47.7 Å². The molecule has 0 saturated carbocycles. The third-order valence-corrected chi connectivity index (χ3v) is 5.67. The fraction of sp³-hybridized carbons (Fsp3) is 0.300. The molecule has 1 aromatic carbocycles. The van der Waals surface area contributed by atoms with Gasteiger partial charge in [-0.2, -0.15) is 4.98 Å². The molecule has 2 heterocycles. The van der Waals surface area contributed by atoms with Gasteiger partial charge in [0.05, 0.1) is 20.5 Å². The molecule has 29 heavy (non-hydrogen) atoms. The van der Waals surface area contributed by atoms with Crippen LogP contribution in [0.2, 0.25) is 0 Å². The minimum atomic E-state index is -3.90. The molecule has 0 fully saturated rings. The number of aromatic amines is 1. The number of nitrogens with one attached hydrogen (secondary N) is 1. The minimum absolute atomic E-state index is 0.00490. The molecule has 0 aliphatic heterocycles. The number of anilines is 1. The summed E-state index contributed by atoms with van der Waals surface area (Å²) < 4.78 is 35.8. The highest BCUT2D eigenvalue weighted by molar-refractivity contribution is 7.92. The number of hydrogen-bond donors (Lipinski definition) is 1. The van der Waals surface area contributed by atoms with Crippen LogP contribution in [0.25, 0.3) is 10.9 Å². The molecule has 1 N–H and O–H groups in total. The van der Waals surface area contributed by atoms with Gasteiger partial charge in [0.2, 0.25) is 27.7 Å². The van der Waals surface area contributed by atoms with Crippen LogP contribution in [0.4, 0.5) is 5.69 Å². The lowest BCUT2D eigenvalue weighted by atomic mass is 10.1. The average molecular weight is 417 g/mol. The van der Waals surface area contributed by atoms with Gasteiger partial charge in [-0.3, -0.25) is 4.79 Å². The number of ether oxygens (including phenoxy) is 2. The maximum absolute atomic E-state index is 13.0. The van der Waals surface area contributed by atoms with E-state index >= 15 is 0 Å². The molecule has 2 aromatic heterocycles. The highest BCUT2D eigenvalue weighted by Crippen LogP contribution is 2.31. The number of amides is 1. The van der Waals surface area contributed by atoms with Gasteiger partial charge >= 0.3 is 0 Å². The summed E-state index contributed by atoms with van der Waals surface area (Å²) in [5, 5.41) is 1.02. The monoisotopic (exact) mass is 417 g/mol. The molecule has 0 unspecified atom stereocenters. The highest BCUT2D eigenvalue weighted by Gasteiger charge is 2.29. The Morgan fingerprint density at radius 1 is 1.14 bits per heavy atom. The van der Waals surface area contributed by atoms with Crippen molar-refractivity contribution < 1.29 is 22.7 Å². The number of carbonyl (C=O) groups is 1. The molecule has 0 bridgehead atoms. The molecule has 9 heteroatoms. The number of rotatable bonds is 7. The summed E-state index contributed by atoms with van der Waals surface area (Å²) in [7, 11) is -1.11. The van der Waals surface area contributed by atoms with Crippen molar-refractivity contribution in [2.24, 2.45) is 0 Å². The van der Waals surface area contributed by atoms with Crippen molar-refractivity contribution in [3.8, 4) is 11.8 Å². The number of sulfonamides is 1. The van der Waals surface area contributed by atoms with E-state index in [0.29, 0.717) is 6.42 Å². The van der Waals surface area contributed by atoms with Crippen LogP contribution in [0, 0.1) is 6.92 Å². The number of aromatic nitrogens is 2. The van der Waals surface area contributed by atoms with Gasteiger partial charge in [0.15, 0.2) is 0 Å². The highest BCUT2D eigenvalue weighted by atomic mass is 32.2. The Bertz CT molecular complexity index is 1150. The Morgan fingerprint density at radius 2 is 1.86 bits per heavy atom. The van der Waals surface area contributed by atoms with E-state index in [1.165, 1.54) is 26.4 Å². The standard InChI is InChI=1S/C20H23N3O5S/c1-13-14(15-7-5-6-8-16(15)21-13)9-12-19(24)23(29(4,25)26)17-10-11-18(27-2)22-20(17)28-3/h5-8,10-11,21H,9,12H2,1-4H3. The summed E-state index contributed by atoms with van der Waals surface area (Å²) in [6, 6.07) is 10.7. The molecule has 3 rings (SSSR count). The maximum Gasteiger partial charge on any atom is 0.242 e. The predicted molar refractivity (Wildman–Crippen MR) is 111 cm³/mol. The fourth-order valence-electron chi connectivity index (χ4n) is 3.32. The number of carbonyl (C=O) groups excluding carboxylic acids is 1. The van der Waals surface area contributed by atoms with Crippen molar-refractivity contribution >= 4 is 32.5 Å². The van der Waals surface area contributed by atoms with E-state index in [1.807, 2.05) is 31.2 Å². The first-order valence-corrected chi connectivity index (χ1v) is 10.8. The summed E-state index contributed by atoms with van der Waals surface area (Å²) in [5.41, 5.74) is 2.97. The number of methoxy groups -OCH3 is 2. The van der Waals surface area contributed by atoms with E-state index in [9.17, 15) is 13.2 Å². The Balaban J connectivity index is 1.92. The fourth-order valence-corrected chi connectivity index (χ4v) is 4.28. The Kier molecular flexibility index (Phi) is 5.78. The molecule has 0 spiro atoms. The first-order valence-electron chi connectivity index (χ1n) is 8.94. The van der Waals surface area contributed by atoms with Gasteiger partial charge in [0.25, 0.3) is 0 Å². The molecule has 1 amide bonds. The Hall–Kier alpha value is -3.07. The smallest absolute Gasteiger partial charge is 0.242 e. The number of benzene rings is 1. The van der Waals surface area contributed by atoms with Crippen molar-refractivity contribution in [2.45, 2.75) is 19.8 Å². The van der Waals surface area contributed by atoms with E-state index in [1.54, 1.807) is 0 Å². The molecule has 0 radical (unpaired) electrons. The van der Waals surface area contributed by atoms with Gasteiger partial charge in [0.1, 0.15) is 5.69 Å². The van der Waals surface area contributed by atoms with Crippen LogP contribution >= 0.6 is 0 Å². The van der Waals surface area contributed by atoms with Crippen LogP contribution in [-0.2, 0) is 21.2 Å². The van der Waals surface area contributed by atoms with Crippen molar-refractivity contribution in [1.82, 2.24) is 9.97 Å². The minimum Gasteiger partial charge on any atom is -0.481 e. The zero-order valence-corrected chi connectivity index (χ0v) is 17.5. The second-order valence-electron chi connectivity index (χ2n) is 6.58. The number of fused-ring (bicyclic) bond motifs is 1. The quantitative estimate of drug-likeness (QED) is 0.634. The lowest BCUT2D eigenvalue weighted by Crippen LogP contribution is -2.36. The van der Waals surface area contributed by atoms with Gasteiger partial charge in [-0.05, 0) is 31.0 Å². The van der Waals surface area contributed by atoms with Crippen molar-refractivity contribution in [2.75, 3.05) is 24.8 Å². The van der Waals surface area contributed by atoms with Crippen LogP contribution < -0.4 is 13.8 Å². The Morgan fingerprint density at radius 3 is 2.52 bits per heavy atom. The largest absolute Gasteiger partial charge is 0.481 e. The zero-order chi connectivity index (χ0) is 21.2. The molecular weight excluding hydrogens is 394 g/mol. The molecule has 0 aliphatic rings. The Labute approximate surface area is 169 Å². The molecular formula is C20H23N3O5S. The summed E-state index contributed by atoms with van der Waals surface area (Å²) >= 11 is 0. The molecule has 0 atom stereocenters. The lowest BCUT2D eigenvalue weighted by Gasteiger charge is -2.22. The summed E-state index contributed by atoms with van der Waals surface area (Å²) in [5.74, 6) is -0.324. The number of pyridine rings is 1. The molecule has 0 saturated heterocycles. The maximum atomic E-state index is 13.0. The average Bonchev–Trinajstić information content (AvgIpc) is 3.00.